The fourth-order valence-corrected chi connectivity index (χ4v) is 3.12. The number of carbonyl (C=O) groups excluding carboxylic acids is 1. The molecule has 0 saturated heterocycles. The van der Waals surface area contributed by atoms with E-state index in [4.69, 9.17) is 16.7 Å². The highest BCUT2D eigenvalue weighted by atomic mass is 35.5. The van der Waals surface area contributed by atoms with Crippen LogP contribution in [0.1, 0.15) is 44.0 Å². The number of thiophene rings is 1. The van der Waals surface area contributed by atoms with Crippen LogP contribution in [0.5, 0.6) is 0 Å². The van der Waals surface area contributed by atoms with Gasteiger partial charge in [0.1, 0.15) is 0 Å². The number of rotatable bonds is 8. The van der Waals surface area contributed by atoms with Crippen molar-refractivity contribution in [1.82, 2.24) is 10.6 Å². The number of halogens is 1. The molecule has 0 aliphatic rings. The minimum absolute atomic E-state index is 0.0602. The number of nitrogens with one attached hydrogen (secondary N) is 2. The minimum Gasteiger partial charge on any atom is -0.396 e. The Morgan fingerprint density at radius 2 is 2.20 bits per heavy atom. The van der Waals surface area contributed by atoms with Crippen LogP contribution in [0.25, 0.3) is 0 Å². The second-order valence-electron chi connectivity index (χ2n) is 4.88. The van der Waals surface area contributed by atoms with E-state index in [0.29, 0.717) is 12.5 Å². The molecule has 6 heteroatoms. The van der Waals surface area contributed by atoms with Gasteiger partial charge in [0.25, 0.3) is 0 Å². The van der Waals surface area contributed by atoms with E-state index in [-0.39, 0.29) is 18.7 Å². The Balaban J connectivity index is 2.35. The van der Waals surface area contributed by atoms with Crippen LogP contribution in [0.4, 0.5) is 4.79 Å². The maximum atomic E-state index is 11.8. The fraction of sp³-hybridized carbons (Fsp3) is 0.643. The lowest BCUT2D eigenvalue weighted by molar-refractivity contribution is 0.227. The van der Waals surface area contributed by atoms with Crippen molar-refractivity contribution >= 4 is 29.0 Å². The Labute approximate surface area is 129 Å². The van der Waals surface area contributed by atoms with Crippen molar-refractivity contribution < 1.29 is 9.90 Å². The third kappa shape index (κ3) is 6.11. The van der Waals surface area contributed by atoms with E-state index in [1.54, 1.807) is 0 Å². The van der Waals surface area contributed by atoms with Crippen LogP contribution in [-0.2, 0) is 0 Å². The van der Waals surface area contributed by atoms with Gasteiger partial charge in [0.05, 0.1) is 10.4 Å². The number of aliphatic hydroxyl groups excluding tert-OH is 1. The van der Waals surface area contributed by atoms with Crippen molar-refractivity contribution in [2.75, 3.05) is 13.2 Å². The van der Waals surface area contributed by atoms with Crippen LogP contribution in [-0.4, -0.2) is 24.3 Å². The highest BCUT2D eigenvalue weighted by molar-refractivity contribution is 7.16. The summed E-state index contributed by atoms with van der Waals surface area (Å²) >= 11 is 7.35. The second kappa shape index (κ2) is 9.21. The Morgan fingerprint density at radius 3 is 2.75 bits per heavy atom. The average Bonchev–Trinajstić information content (AvgIpc) is 2.83. The first-order valence-corrected chi connectivity index (χ1v) is 8.16. The summed E-state index contributed by atoms with van der Waals surface area (Å²) in [6.45, 7) is 4.79. The summed E-state index contributed by atoms with van der Waals surface area (Å²) in [4.78, 5) is 12.9. The lowest BCUT2D eigenvalue weighted by Gasteiger charge is -2.18. The molecule has 1 rings (SSSR count). The summed E-state index contributed by atoms with van der Waals surface area (Å²) in [6, 6.07) is 3.51. The Morgan fingerprint density at radius 1 is 1.45 bits per heavy atom. The first kappa shape index (κ1) is 17.3. The largest absolute Gasteiger partial charge is 0.396 e. The van der Waals surface area contributed by atoms with Gasteiger partial charge in [-0.25, -0.2) is 4.79 Å². The lowest BCUT2D eigenvalue weighted by atomic mass is 10.0. The van der Waals surface area contributed by atoms with E-state index in [9.17, 15) is 4.79 Å². The summed E-state index contributed by atoms with van der Waals surface area (Å²) in [6.07, 6.45) is 2.79. The first-order valence-electron chi connectivity index (χ1n) is 6.97. The molecule has 2 atom stereocenters. The van der Waals surface area contributed by atoms with Crippen LogP contribution in [0, 0.1) is 5.92 Å². The molecule has 0 fully saturated rings. The zero-order valence-corrected chi connectivity index (χ0v) is 13.6. The molecule has 20 heavy (non-hydrogen) atoms. The Kier molecular flexibility index (Phi) is 7.95. The standard InChI is InChI=1S/C14H23ClN2O2S/c1-3-4-11(7-8-18)9-16-14(19)17-10(2)12-5-6-13(15)20-12/h5-6,10-11,18H,3-4,7-9H2,1-2H3,(H2,16,17,19). The van der Waals surface area contributed by atoms with Crippen LogP contribution in [0.2, 0.25) is 4.34 Å². The van der Waals surface area contributed by atoms with E-state index in [0.717, 1.165) is 28.5 Å². The number of amides is 2. The molecule has 0 aliphatic heterocycles. The van der Waals surface area contributed by atoms with Gasteiger partial charge in [0.15, 0.2) is 0 Å². The van der Waals surface area contributed by atoms with E-state index in [1.807, 2.05) is 19.1 Å². The van der Waals surface area contributed by atoms with Crippen LogP contribution in [0.15, 0.2) is 12.1 Å². The normalized spacial score (nSPS) is 13.8. The van der Waals surface area contributed by atoms with Gasteiger partial charge in [-0.1, -0.05) is 24.9 Å². The highest BCUT2D eigenvalue weighted by Crippen LogP contribution is 2.26. The lowest BCUT2D eigenvalue weighted by Crippen LogP contribution is -2.39. The number of hydrogen-bond donors (Lipinski definition) is 3. The van der Waals surface area contributed by atoms with Crippen LogP contribution < -0.4 is 10.6 Å². The molecule has 1 heterocycles. The number of hydrogen-bond acceptors (Lipinski definition) is 3. The van der Waals surface area contributed by atoms with Crippen molar-refractivity contribution in [3.05, 3.63) is 21.3 Å². The molecule has 0 aromatic carbocycles. The minimum atomic E-state index is -0.180. The van der Waals surface area contributed by atoms with Gasteiger partial charge in [-0.05, 0) is 37.8 Å². The molecule has 1 aromatic rings. The molecule has 0 bridgehead atoms. The molecule has 4 nitrogen and oxygen atoms in total. The highest BCUT2D eigenvalue weighted by Gasteiger charge is 2.13. The van der Waals surface area contributed by atoms with Crippen molar-refractivity contribution in [2.45, 2.75) is 39.2 Å². The van der Waals surface area contributed by atoms with E-state index >= 15 is 0 Å². The molecular weight excluding hydrogens is 296 g/mol. The van der Waals surface area contributed by atoms with Gasteiger partial charge in [-0.15, -0.1) is 11.3 Å². The maximum absolute atomic E-state index is 11.8. The predicted molar refractivity (Wildman–Crippen MR) is 84.4 cm³/mol. The molecule has 0 radical (unpaired) electrons. The quantitative estimate of drug-likeness (QED) is 0.686. The summed E-state index contributed by atoms with van der Waals surface area (Å²) < 4.78 is 0.722. The molecule has 0 saturated carbocycles. The van der Waals surface area contributed by atoms with Gasteiger partial charge in [-0.2, -0.15) is 0 Å². The topological polar surface area (TPSA) is 61.4 Å². The van der Waals surface area contributed by atoms with Crippen molar-refractivity contribution in [3.63, 3.8) is 0 Å². The molecule has 2 amide bonds. The van der Waals surface area contributed by atoms with Gasteiger partial charge in [0, 0.05) is 18.0 Å². The van der Waals surface area contributed by atoms with Gasteiger partial charge in [-0.3, -0.25) is 0 Å². The number of aliphatic hydroxyl groups is 1. The van der Waals surface area contributed by atoms with Crippen LogP contribution >= 0.6 is 22.9 Å². The first-order chi connectivity index (χ1) is 9.56. The monoisotopic (exact) mass is 318 g/mol. The summed E-state index contributed by atoms with van der Waals surface area (Å²) in [7, 11) is 0. The molecule has 0 aliphatic carbocycles. The fourth-order valence-electron chi connectivity index (χ4n) is 2.06. The molecule has 2 unspecified atom stereocenters. The average molecular weight is 319 g/mol. The summed E-state index contributed by atoms with van der Waals surface area (Å²) in [5, 5.41) is 14.7. The smallest absolute Gasteiger partial charge is 0.315 e. The Hall–Kier alpha value is -0.780. The third-order valence-corrected chi connectivity index (χ3v) is 4.57. The van der Waals surface area contributed by atoms with Crippen molar-refractivity contribution in [2.24, 2.45) is 5.92 Å². The molecule has 3 N–H and O–H groups in total. The summed E-state index contributed by atoms with van der Waals surface area (Å²) in [5.41, 5.74) is 0. The van der Waals surface area contributed by atoms with Crippen LogP contribution in [0.3, 0.4) is 0 Å². The van der Waals surface area contributed by atoms with Gasteiger partial charge in [0.2, 0.25) is 0 Å². The van der Waals surface area contributed by atoms with Gasteiger partial charge < -0.3 is 15.7 Å². The van der Waals surface area contributed by atoms with E-state index in [1.165, 1.54) is 11.3 Å². The summed E-state index contributed by atoms with van der Waals surface area (Å²) in [5.74, 6) is 0.335. The van der Waals surface area contributed by atoms with Gasteiger partial charge >= 0.3 is 6.03 Å². The van der Waals surface area contributed by atoms with E-state index < -0.39 is 0 Å². The maximum Gasteiger partial charge on any atom is 0.315 e. The van der Waals surface area contributed by atoms with E-state index in [2.05, 4.69) is 17.6 Å². The number of urea groups is 1. The SMILES string of the molecule is CCCC(CCO)CNC(=O)NC(C)c1ccc(Cl)s1. The zero-order valence-electron chi connectivity index (χ0n) is 12.0. The number of carbonyl (C=O) groups is 1. The third-order valence-electron chi connectivity index (χ3n) is 3.15. The zero-order chi connectivity index (χ0) is 15.0. The second-order valence-corrected chi connectivity index (χ2v) is 6.63. The molecule has 1 aromatic heterocycles. The molecular formula is C14H23ClN2O2S. The van der Waals surface area contributed by atoms with Crippen molar-refractivity contribution in [1.29, 1.82) is 0 Å². The van der Waals surface area contributed by atoms with Crippen molar-refractivity contribution in [3.8, 4) is 0 Å². The Bertz CT molecular complexity index is 406. The molecule has 0 spiro atoms. The molecule has 114 valence electrons. The predicted octanol–water partition coefficient (Wildman–Crippen LogP) is 3.56.